The Hall–Kier alpha value is -0.820. The summed E-state index contributed by atoms with van der Waals surface area (Å²) in [4.78, 5) is 0. The highest BCUT2D eigenvalue weighted by Gasteiger charge is 2.14. The van der Waals surface area contributed by atoms with Crippen LogP contribution < -0.4 is 11.3 Å². The molecule has 0 spiro atoms. The highest BCUT2D eigenvalue weighted by Crippen LogP contribution is 2.21. The molecule has 13 heavy (non-hydrogen) atoms. The zero-order valence-corrected chi connectivity index (χ0v) is 8.31. The van der Waals surface area contributed by atoms with Crippen molar-refractivity contribution in [1.29, 1.82) is 0 Å². The second kappa shape index (κ2) is 3.93. The van der Waals surface area contributed by atoms with Gasteiger partial charge in [0.25, 0.3) is 0 Å². The summed E-state index contributed by atoms with van der Waals surface area (Å²) in [6.07, 6.45) is 1.73. The molecule has 0 fully saturated rings. The molecule has 0 saturated heterocycles. The monoisotopic (exact) mass is 212 g/mol. The molecule has 2 aromatic heterocycles. The fourth-order valence-electron chi connectivity index (χ4n) is 1.09. The summed E-state index contributed by atoms with van der Waals surface area (Å²) in [5.74, 6) is 5.45. The molecule has 2 rings (SSSR count). The normalized spacial score (nSPS) is 13.0. The van der Waals surface area contributed by atoms with Gasteiger partial charge >= 0.3 is 0 Å². The molecule has 0 amide bonds. The van der Waals surface area contributed by atoms with Crippen LogP contribution in [0.1, 0.15) is 17.3 Å². The van der Waals surface area contributed by atoms with Crippen molar-refractivity contribution < 1.29 is 0 Å². The average Bonchev–Trinajstić information content (AvgIpc) is 2.76. The molecule has 68 valence electrons. The number of hydrogen-bond acceptors (Lipinski definition) is 6. The summed E-state index contributed by atoms with van der Waals surface area (Å²) in [6.45, 7) is 0. The first-order valence-corrected chi connectivity index (χ1v) is 5.35. The minimum Gasteiger partial charge on any atom is -0.271 e. The lowest BCUT2D eigenvalue weighted by Crippen LogP contribution is -2.28. The minimum atomic E-state index is -0.0370. The zero-order chi connectivity index (χ0) is 9.10. The Kier molecular flexibility index (Phi) is 2.65. The van der Waals surface area contributed by atoms with E-state index in [0.29, 0.717) is 0 Å². The highest BCUT2D eigenvalue weighted by atomic mass is 32.1. The fraction of sp³-hybridized carbons (Fsp3) is 0.143. The second-order valence-corrected chi connectivity index (χ2v) is 3.83. The van der Waals surface area contributed by atoms with Gasteiger partial charge in [-0.2, -0.15) is 20.1 Å². The number of nitrogens with two attached hydrogens (primary N) is 1. The lowest BCUT2D eigenvalue weighted by atomic mass is 10.1. The molecule has 0 aliphatic carbocycles. The number of nitrogens with one attached hydrogen (secondary N) is 1. The highest BCUT2D eigenvalue weighted by molar-refractivity contribution is 7.08. The summed E-state index contributed by atoms with van der Waals surface area (Å²) < 4.78 is 8.08. The van der Waals surface area contributed by atoms with E-state index in [4.69, 9.17) is 5.84 Å². The van der Waals surface area contributed by atoms with Crippen LogP contribution in [0.25, 0.3) is 0 Å². The summed E-state index contributed by atoms with van der Waals surface area (Å²) in [5.41, 5.74) is 4.71. The number of rotatable bonds is 3. The Morgan fingerprint density at radius 2 is 2.46 bits per heavy atom. The Bertz CT molecular complexity index is 308. The first kappa shape index (κ1) is 8.76. The van der Waals surface area contributed by atoms with E-state index < -0.39 is 0 Å². The van der Waals surface area contributed by atoms with Gasteiger partial charge in [0.15, 0.2) is 0 Å². The van der Waals surface area contributed by atoms with Gasteiger partial charge in [0.1, 0.15) is 0 Å². The van der Waals surface area contributed by atoms with Gasteiger partial charge in [0, 0.05) is 0 Å². The molecule has 1 atom stereocenters. The minimum absolute atomic E-state index is 0.0370. The van der Waals surface area contributed by atoms with Crippen LogP contribution in [0.5, 0.6) is 0 Å². The van der Waals surface area contributed by atoms with Gasteiger partial charge in [-0.1, -0.05) is 0 Å². The van der Waals surface area contributed by atoms with Crippen LogP contribution in [0, 0.1) is 0 Å². The van der Waals surface area contributed by atoms with E-state index in [-0.39, 0.29) is 6.04 Å². The van der Waals surface area contributed by atoms with Crippen molar-refractivity contribution >= 4 is 23.1 Å². The Balaban J connectivity index is 2.29. The van der Waals surface area contributed by atoms with E-state index in [1.807, 2.05) is 16.8 Å². The standard InChI is InChI=1S/C7H8N4S2/c8-10-7(5-1-2-12-4-5)6-3-9-13-11-6/h1-4,7,10H,8H2. The maximum atomic E-state index is 5.45. The van der Waals surface area contributed by atoms with Crippen molar-refractivity contribution in [3.05, 3.63) is 34.3 Å². The van der Waals surface area contributed by atoms with E-state index in [1.54, 1.807) is 17.5 Å². The molecule has 0 bridgehead atoms. The van der Waals surface area contributed by atoms with Gasteiger partial charge < -0.3 is 0 Å². The van der Waals surface area contributed by atoms with Gasteiger partial charge in [-0.15, -0.1) is 0 Å². The smallest absolute Gasteiger partial charge is 0.0970 e. The molecule has 0 aliphatic heterocycles. The maximum absolute atomic E-state index is 5.45. The summed E-state index contributed by atoms with van der Waals surface area (Å²) >= 11 is 2.83. The molecular formula is C7H8N4S2. The van der Waals surface area contributed by atoms with Crippen LogP contribution >= 0.6 is 23.1 Å². The van der Waals surface area contributed by atoms with Crippen LogP contribution in [0.15, 0.2) is 23.0 Å². The Morgan fingerprint density at radius 3 is 3.00 bits per heavy atom. The third-order valence-electron chi connectivity index (χ3n) is 1.72. The lowest BCUT2D eigenvalue weighted by Gasteiger charge is -2.10. The first-order chi connectivity index (χ1) is 6.42. The van der Waals surface area contributed by atoms with Crippen molar-refractivity contribution in [2.45, 2.75) is 6.04 Å². The van der Waals surface area contributed by atoms with Crippen LogP contribution in [0.4, 0.5) is 0 Å². The number of thiophene rings is 1. The van der Waals surface area contributed by atoms with Crippen molar-refractivity contribution in [1.82, 2.24) is 14.2 Å². The predicted molar refractivity (Wildman–Crippen MR) is 53.4 cm³/mol. The van der Waals surface area contributed by atoms with Crippen LogP contribution in [-0.2, 0) is 0 Å². The second-order valence-electron chi connectivity index (χ2n) is 2.49. The predicted octanol–water partition coefficient (Wildman–Crippen LogP) is 1.15. The van der Waals surface area contributed by atoms with E-state index >= 15 is 0 Å². The summed E-state index contributed by atoms with van der Waals surface area (Å²) in [6, 6.07) is 1.99. The molecule has 2 heterocycles. The van der Waals surface area contributed by atoms with Gasteiger partial charge in [0.2, 0.25) is 0 Å². The van der Waals surface area contributed by atoms with Crippen LogP contribution in [-0.4, -0.2) is 8.75 Å². The van der Waals surface area contributed by atoms with Crippen molar-refractivity contribution in [2.24, 2.45) is 5.84 Å². The molecule has 6 heteroatoms. The zero-order valence-electron chi connectivity index (χ0n) is 6.68. The van der Waals surface area contributed by atoms with E-state index in [1.165, 1.54) is 11.7 Å². The quantitative estimate of drug-likeness (QED) is 0.592. The molecule has 1 unspecified atom stereocenters. The van der Waals surface area contributed by atoms with Gasteiger partial charge in [-0.3, -0.25) is 5.84 Å². The summed E-state index contributed by atoms with van der Waals surface area (Å²) in [7, 11) is 0. The largest absolute Gasteiger partial charge is 0.271 e. The lowest BCUT2D eigenvalue weighted by molar-refractivity contribution is 0.627. The van der Waals surface area contributed by atoms with Crippen LogP contribution in [0.2, 0.25) is 0 Å². The number of aromatic nitrogens is 2. The molecule has 0 radical (unpaired) electrons. The molecule has 3 N–H and O–H groups in total. The molecule has 4 nitrogen and oxygen atoms in total. The fourth-order valence-corrected chi connectivity index (χ4v) is 2.23. The molecular weight excluding hydrogens is 204 g/mol. The van der Waals surface area contributed by atoms with E-state index in [0.717, 1.165) is 11.3 Å². The topological polar surface area (TPSA) is 63.8 Å². The molecule has 0 aliphatic rings. The number of nitrogens with zero attached hydrogens (tertiary/aromatic N) is 2. The van der Waals surface area contributed by atoms with Crippen molar-refractivity contribution in [3.8, 4) is 0 Å². The molecule has 2 aromatic rings. The third-order valence-corrected chi connectivity index (χ3v) is 2.91. The van der Waals surface area contributed by atoms with Gasteiger partial charge in [-0.05, 0) is 22.4 Å². The Labute approximate surface area is 83.7 Å². The number of hydrogen-bond donors (Lipinski definition) is 2. The average molecular weight is 212 g/mol. The van der Waals surface area contributed by atoms with E-state index in [2.05, 4.69) is 14.2 Å². The SMILES string of the molecule is NNC(c1ccsc1)c1cnsn1. The molecule has 0 saturated carbocycles. The van der Waals surface area contributed by atoms with Gasteiger partial charge in [0.05, 0.1) is 29.7 Å². The molecule has 0 aromatic carbocycles. The van der Waals surface area contributed by atoms with Gasteiger partial charge in [-0.25, -0.2) is 5.43 Å². The number of hydrazine groups is 1. The first-order valence-electron chi connectivity index (χ1n) is 3.67. The van der Waals surface area contributed by atoms with Crippen LogP contribution in [0.3, 0.4) is 0 Å². The van der Waals surface area contributed by atoms with Crippen molar-refractivity contribution in [3.63, 3.8) is 0 Å². The Morgan fingerprint density at radius 1 is 1.54 bits per heavy atom. The maximum Gasteiger partial charge on any atom is 0.0970 e. The van der Waals surface area contributed by atoms with Crippen molar-refractivity contribution in [2.75, 3.05) is 0 Å². The summed E-state index contributed by atoms with van der Waals surface area (Å²) in [5, 5.41) is 4.06. The van der Waals surface area contributed by atoms with E-state index in [9.17, 15) is 0 Å². The third kappa shape index (κ3) is 1.75.